The molecule has 2 N–H and O–H groups in total. The maximum atomic E-state index is 13.0. The van der Waals surface area contributed by atoms with Crippen molar-refractivity contribution < 1.29 is 22.4 Å². The first-order chi connectivity index (χ1) is 11.2. The zero-order chi connectivity index (χ0) is 17.9. The number of rotatable bonds is 4. The zero-order valence-electron chi connectivity index (χ0n) is 11.8. The van der Waals surface area contributed by atoms with Crippen LogP contribution in [0.2, 0.25) is 10.0 Å². The van der Waals surface area contributed by atoms with Gasteiger partial charge in [0.25, 0.3) is 0 Å². The highest BCUT2D eigenvalue weighted by atomic mass is 35.5. The third kappa shape index (κ3) is 4.75. The first-order valence-corrected chi connectivity index (χ1v) is 7.28. The van der Waals surface area contributed by atoms with Gasteiger partial charge >= 0.3 is 6.18 Å². The lowest BCUT2D eigenvalue weighted by Gasteiger charge is -2.12. The minimum atomic E-state index is -4.62. The molecule has 0 fully saturated rings. The van der Waals surface area contributed by atoms with Gasteiger partial charge in [0.2, 0.25) is 5.91 Å². The number of anilines is 2. The second-order valence-electron chi connectivity index (χ2n) is 4.72. The maximum Gasteiger partial charge on any atom is 0.417 e. The van der Waals surface area contributed by atoms with E-state index in [1.165, 1.54) is 18.2 Å². The molecule has 0 bridgehead atoms. The van der Waals surface area contributed by atoms with E-state index in [1.807, 2.05) is 0 Å². The molecule has 9 heteroatoms. The third-order valence-electron chi connectivity index (χ3n) is 2.93. The molecule has 1 amide bonds. The summed E-state index contributed by atoms with van der Waals surface area (Å²) in [6.45, 7) is -0.244. The van der Waals surface area contributed by atoms with E-state index in [9.17, 15) is 22.4 Å². The average molecular weight is 381 g/mol. The van der Waals surface area contributed by atoms with Gasteiger partial charge in [0, 0.05) is 11.4 Å². The quantitative estimate of drug-likeness (QED) is 0.715. The Labute approximate surface area is 144 Å². The first kappa shape index (κ1) is 18.4. The molecule has 0 aliphatic heterocycles. The second-order valence-corrected chi connectivity index (χ2v) is 5.54. The minimum Gasteiger partial charge on any atom is -0.376 e. The number of nitrogens with one attached hydrogen (secondary N) is 2. The van der Waals surface area contributed by atoms with Gasteiger partial charge < -0.3 is 10.6 Å². The molecule has 128 valence electrons. The van der Waals surface area contributed by atoms with Gasteiger partial charge in [0.1, 0.15) is 5.82 Å². The Morgan fingerprint density at radius 1 is 1.00 bits per heavy atom. The van der Waals surface area contributed by atoms with Gasteiger partial charge in [-0.3, -0.25) is 4.79 Å². The smallest absolute Gasteiger partial charge is 0.376 e. The monoisotopic (exact) mass is 380 g/mol. The molecular formula is C15H10Cl2F4N2O. The van der Waals surface area contributed by atoms with Gasteiger partial charge in [-0.25, -0.2) is 4.39 Å². The van der Waals surface area contributed by atoms with Gasteiger partial charge in [-0.15, -0.1) is 0 Å². The van der Waals surface area contributed by atoms with Crippen LogP contribution in [0, 0.1) is 5.82 Å². The van der Waals surface area contributed by atoms with Crippen LogP contribution in [0.25, 0.3) is 0 Å². The zero-order valence-corrected chi connectivity index (χ0v) is 13.4. The number of carbonyl (C=O) groups excluding carboxylic acids is 1. The van der Waals surface area contributed by atoms with Crippen LogP contribution in [-0.4, -0.2) is 12.5 Å². The molecule has 0 spiro atoms. The van der Waals surface area contributed by atoms with Crippen molar-refractivity contribution in [3.8, 4) is 0 Å². The van der Waals surface area contributed by atoms with Crippen molar-refractivity contribution in [3.63, 3.8) is 0 Å². The van der Waals surface area contributed by atoms with Crippen molar-refractivity contribution in [2.24, 2.45) is 0 Å². The summed E-state index contributed by atoms with van der Waals surface area (Å²) in [5.74, 6) is -1.20. The molecule has 0 radical (unpaired) electrons. The first-order valence-electron chi connectivity index (χ1n) is 6.52. The van der Waals surface area contributed by atoms with Crippen molar-refractivity contribution in [1.82, 2.24) is 0 Å². The Morgan fingerprint density at radius 2 is 1.67 bits per heavy atom. The molecule has 0 saturated heterocycles. The van der Waals surface area contributed by atoms with Crippen LogP contribution in [0.15, 0.2) is 36.4 Å². The lowest BCUT2D eigenvalue weighted by atomic mass is 10.2. The van der Waals surface area contributed by atoms with Crippen LogP contribution in [0.3, 0.4) is 0 Å². The normalized spacial score (nSPS) is 11.2. The lowest BCUT2D eigenvalue weighted by molar-refractivity contribution is -0.137. The molecule has 0 aliphatic rings. The standard InChI is InChI=1S/C15H10Cl2F4N2O/c16-11-3-1-9(5-10(11)15(19,20)21)23-14(24)7-22-8-2-4-13(18)12(17)6-8/h1-6,22H,7H2,(H,23,24). The SMILES string of the molecule is O=C(CNc1ccc(F)c(Cl)c1)Nc1ccc(Cl)c(C(F)(F)F)c1. The number of benzene rings is 2. The molecule has 2 aromatic carbocycles. The molecule has 2 rings (SSSR count). The van der Waals surface area contributed by atoms with E-state index in [2.05, 4.69) is 10.6 Å². The molecule has 24 heavy (non-hydrogen) atoms. The second kappa shape index (κ2) is 7.27. The number of hydrogen-bond donors (Lipinski definition) is 2. The fourth-order valence-electron chi connectivity index (χ4n) is 1.81. The van der Waals surface area contributed by atoms with E-state index in [4.69, 9.17) is 23.2 Å². The van der Waals surface area contributed by atoms with E-state index in [1.54, 1.807) is 0 Å². The van der Waals surface area contributed by atoms with Crippen LogP contribution in [-0.2, 0) is 11.0 Å². The highest BCUT2D eigenvalue weighted by molar-refractivity contribution is 6.31. The Balaban J connectivity index is 2.01. The molecule has 0 unspecified atom stereocenters. The molecule has 3 nitrogen and oxygen atoms in total. The highest BCUT2D eigenvalue weighted by Gasteiger charge is 2.33. The Kier molecular flexibility index (Phi) is 5.56. The summed E-state index contributed by atoms with van der Waals surface area (Å²) in [6, 6.07) is 6.83. The number of hydrogen-bond acceptors (Lipinski definition) is 2. The topological polar surface area (TPSA) is 41.1 Å². The molecule has 0 saturated carbocycles. The minimum absolute atomic E-state index is 0.0457. The Hall–Kier alpha value is -1.99. The third-order valence-corrected chi connectivity index (χ3v) is 3.55. The van der Waals surface area contributed by atoms with Crippen LogP contribution in [0.1, 0.15) is 5.56 Å². The van der Waals surface area contributed by atoms with E-state index < -0.39 is 28.5 Å². The van der Waals surface area contributed by atoms with Crippen molar-refractivity contribution in [1.29, 1.82) is 0 Å². The van der Waals surface area contributed by atoms with Gasteiger partial charge in [-0.1, -0.05) is 23.2 Å². The largest absolute Gasteiger partial charge is 0.417 e. The van der Waals surface area contributed by atoms with Crippen LogP contribution in [0.5, 0.6) is 0 Å². The summed E-state index contributed by atoms with van der Waals surface area (Å²) in [5, 5.41) is 4.41. The van der Waals surface area contributed by atoms with Gasteiger partial charge in [0.05, 0.1) is 22.2 Å². The predicted octanol–water partition coefficient (Wildman–Crippen LogP) is 5.20. The number of halogens is 6. The number of alkyl halides is 3. The lowest BCUT2D eigenvalue weighted by Crippen LogP contribution is -2.22. The van der Waals surface area contributed by atoms with Crippen LogP contribution in [0.4, 0.5) is 28.9 Å². The predicted molar refractivity (Wildman–Crippen MR) is 85.0 cm³/mol. The van der Waals surface area contributed by atoms with Gasteiger partial charge in [-0.2, -0.15) is 13.2 Å². The molecule has 0 heterocycles. The van der Waals surface area contributed by atoms with Gasteiger partial charge in [0.15, 0.2) is 0 Å². The molecule has 0 atom stereocenters. The molecular weight excluding hydrogens is 371 g/mol. The Bertz CT molecular complexity index is 766. The van der Waals surface area contributed by atoms with E-state index in [0.29, 0.717) is 5.69 Å². The van der Waals surface area contributed by atoms with E-state index >= 15 is 0 Å². The average Bonchev–Trinajstić information content (AvgIpc) is 2.49. The van der Waals surface area contributed by atoms with E-state index in [-0.39, 0.29) is 17.3 Å². The van der Waals surface area contributed by atoms with Crippen LogP contribution < -0.4 is 10.6 Å². The summed E-state index contributed by atoms with van der Waals surface area (Å²) in [7, 11) is 0. The molecule has 0 aromatic heterocycles. The van der Waals surface area contributed by atoms with Gasteiger partial charge in [-0.05, 0) is 36.4 Å². The molecule has 2 aromatic rings. The summed E-state index contributed by atoms with van der Waals surface area (Å²) in [5.41, 5.74) is -0.695. The fraction of sp³-hybridized carbons (Fsp3) is 0.133. The number of carbonyl (C=O) groups is 1. The van der Waals surface area contributed by atoms with Crippen molar-refractivity contribution in [2.75, 3.05) is 17.2 Å². The summed E-state index contributed by atoms with van der Waals surface area (Å²) in [6.07, 6.45) is -4.62. The van der Waals surface area contributed by atoms with E-state index in [0.717, 1.165) is 18.2 Å². The summed E-state index contributed by atoms with van der Waals surface area (Å²) >= 11 is 11.1. The van der Waals surface area contributed by atoms with Crippen molar-refractivity contribution in [2.45, 2.75) is 6.18 Å². The fourth-order valence-corrected chi connectivity index (χ4v) is 2.22. The van der Waals surface area contributed by atoms with Crippen molar-refractivity contribution >= 4 is 40.5 Å². The maximum absolute atomic E-state index is 13.0. The van der Waals surface area contributed by atoms with Crippen molar-refractivity contribution in [3.05, 3.63) is 57.8 Å². The Morgan fingerprint density at radius 3 is 2.29 bits per heavy atom. The highest BCUT2D eigenvalue weighted by Crippen LogP contribution is 2.36. The van der Waals surface area contributed by atoms with Crippen LogP contribution >= 0.6 is 23.2 Å². The summed E-state index contributed by atoms with van der Waals surface area (Å²) < 4.78 is 51.3. The molecule has 0 aliphatic carbocycles. The number of amides is 1. The summed E-state index contributed by atoms with van der Waals surface area (Å²) in [4.78, 5) is 11.8.